The van der Waals surface area contributed by atoms with Gasteiger partial charge in [-0.3, -0.25) is 4.79 Å². The zero-order valence-electron chi connectivity index (χ0n) is 12.3. The first-order chi connectivity index (χ1) is 10.1. The highest BCUT2D eigenvalue weighted by atomic mass is 16.5. The summed E-state index contributed by atoms with van der Waals surface area (Å²) in [5.74, 6) is 0.626. The molecule has 0 bridgehead atoms. The Bertz CT molecular complexity index is 795. The zero-order chi connectivity index (χ0) is 15.0. The van der Waals surface area contributed by atoms with E-state index in [0.717, 1.165) is 27.8 Å². The van der Waals surface area contributed by atoms with Crippen molar-refractivity contribution in [1.82, 2.24) is 9.72 Å². The molecule has 5 heteroatoms. The minimum atomic E-state index is -0.0687. The number of benzene rings is 1. The summed E-state index contributed by atoms with van der Waals surface area (Å²) in [5, 5.41) is 7.87. The molecular weight excluding hydrogens is 266 g/mol. The van der Waals surface area contributed by atoms with Crippen LogP contribution in [0.4, 0.5) is 5.69 Å². The van der Waals surface area contributed by atoms with Crippen molar-refractivity contribution >= 4 is 22.5 Å². The molecule has 21 heavy (non-hydrogen) atoms. The van der Waals surface area contributed by atoms with Gasteiger partial charge in [0.05, 0.1) is 17.8 Å². The maximum atomic E-state index is 12.2. The van der Waals surface area contributed by atoms with Crippen LogP contribution < -0.4 is 5.32 Å². The average Bonchev–Trinajstić information content (AvgIpc) is 2.98. The second-order valence-corrected chi connectivity index (χ2v) is 5.19. The molecule has 0 radical (unpaired) electrons. The summed E-state index contributed by atoms with van der Waals surface area (Å²) in [6.07, 6.45) is 2.25. The van der Waals surface area contributed by atoms with Crippen LogP contribution >= 0.6 is 0 Å². The predicted octanol–water partition coefficient (Wildman–Crippen LogP) is 2.96. The lowest BCUT2D eigenvalue weighted by Crippen LogP contribution is -2.15. The molecule has 0 atom stereocenters. The van der Waals surface area contributed by atoms with Gasteiger partial charge in [0.2, 0.25) is 5.91 Å². The second-order valence-electron chi connectivity index (χ2n) is 5.19. The Hall–Kier alpha value is -2.56. The molecule has 0 aliphatic rings. The summed E-state index contributed by atoms with van der Waals surface area (Å²) in [5.41, 5.74) is 3.53. The van der Waals surface area contributed by atoms with Crippen LogP contribution in [0.2, 0.25) is 0 Å². The third-order valence-electron chi connectivity index (χ3n) is 3.72. The molecule has 1 aromatic carbocycles. The van der Waals surface area contributed by atoms with Crippen LogP contribution in [0.15, 0.2) is 35.0 Å². The molecule has 0 saturated heterocycles. The van der Waals surface area contributed by atoms with E-state index in [4.69, 9.17) is 4.52 Å². The van der Waals surface area contributed by atoms with Crippen LogP contribution in [-0.2, 0) is 18.3 Å². The topological polar surface area (TPSA) is 60.1 Å². The molecule has 5 nitrogen and oxygen atoms in total. The minimum Gasteiger partial charge on any atom is -0.361 e. The van der Waals surface area contributed by atoms with Crippen molar-refractivity contribution in [3.05, 3.63) is 47.5 Å². The third kappa shape index (κ3) is 2.42. The second kappa shape index (κ2) is 5.09. The molecule has 0 spiro atoms. The number of amides is 1. The van der Waals surface area contributed by atoms with E-state index in [2.05, 4.69) is 10.5 Å². The predicted molar refractivity (Wildman–Crippen MR) is 81.2 cm³/mol. The summed E-state index contributed by atoms with van der Waals surface area (Å²) in [6, 6.07) is 7.88. The summed E-state index contributed by atoms with van der Waals surface area (Å²) >= 11 is 0. The van der Waals surface area contributed by atoms with Gasteiger partial charge in [-0.25, -0.2) is 0 Å². The number of hydrogen-bond donors (Lipinski definition) is 1. The van der Waals surface area contributed by atoms with E-state index < -0.39 is 0 Å². The molecule has 3 rings (SSSR count). The molecule has 2 heterocycles. The molecule has 2 aromatic heterocycles. The van der Waals surface area contributed by atoms with Crippen molar-refractivity contribution in [2.75, 3.05) is 5.32 Å². The number of nitrogens with zero attached hydrogens (tertiary/aromatic N) is 2. The van der Waals surface area contributed by atoms with E-state index >= 15 is 0 Å². The Morgan fingerprint density at radius 1 is 1.33 bits per heavy atom. The number of fused-ring (bicyclic) bond motifs is 1. The van der Waals surface area contributed by atoms with Gasteiger partial charge in [-0.15, -0.1) is 0 Å². The quantitative estimate of drug-likeness (QED) is 0.804. The normalized spacial score (nSPS) is 11.0. The number of carbonyl (C=O) groups excluding carboxylic acids is 1. The van der Waals surface area contributed by atoms with Crippen LogP contribution in [0.1, 0.15) is 17.0 Å². The molecule has 108 valence electrons. The van der Waals surface area contributed by atoms with Crippen LogP contribution in [0.25, 0.3) is 10.9 Å². The zero-order valence-corrected chi connectivity index (χ0v) is 12.3. The van der Waals surface area contributed by atoms with Crippen LogP contribution in [0.3, 0.4) is 0 Å². The molecule has 1 amide bonds. The lowest BCUT2D eigenvalue weighted by atomic mass is 10.1. The highest BCUT2D eigenvalue weighted by Crippen LogP contribution is 2.24. The number of carbonyl (C=O) groups is 1. The van der Waals surface area contributed by atoms with E-state index in [-0.39, 0.29) is 12.3 Å². The fourth-order valence-electron chi connectivity index (χ4n) is 2.52. The van der Waals surface area contributed by atoms with Gasteiger partial charge in [0, 0.05) is 29.7 Å². The van der Waals surface area contributed by atoms with E-state index in [1.165, 1.54) is 0 Å². The van der Waals surface area contributed by atoms with Gasteiger partial charge in [0.1, 0.15) is 5.76 Å². The molecule has 1 N–H and O–H groups in total. The van der Waals surface area contributed by atoms with Gasteiger partial charge in [-0.05, 0) is 32.0 Å². The minimum absolute atomic E-state index is 0.0687. The highest BCUT2D eigenvalue weighted by molar-refractivity contribution is 6.02. The number of rotatable bonds is 3. The van der Waals surface area contributed by atoms with Crippen molar-refractivity contribution in [2.24, 2.45) is 7.05 Å². The van der Waals surface area contributed by atoms with Crippen molar-refractivity contribution in [2.45, 2.75) is 20.3 Å². The average molecular weight is 283 g/mol. The molecule has 0 aliphatic heterocycles. The Morgan fingerprint density at radius 3 is 2.86 bits per heavy atom. The molecule has 3 aromatic rings. The van der Waals surface area contributed by atoms with Gasteiger partial charge in [0.15, 0.2) is 0 Å². The molecule has 0 unspecified atom stereocenters. The van der Waals surface area contributed by atoms with Crippen LogP contribution in [0, 0.1) is 13.8 Å². The van der Waals surface area contributed by atoms with Gasteiger partial charge in [-0.2, -0.15) is 0 Å². The SMILES string of the molecule is Cc1noc(C)c1CC(=O)Nc1cccc2c1ccn2C. The highest BCUT2D eigenvalue weighted by Gasteiger charge is 2.14. The van der Waals surface area contributed by atoms with Crippen molar-refractivity contribution in [1.29, 1.82) is 0 Å². The number of anilines is 1. The third-order valence-corrected chi connectivity index (χ3v) is 3.72. The first kappa shape index (κ1) is 13.4. The fraction of sp³-hybridized carbons (Fsp3) is 0.250. The maximum absolute atomic E-state index is 12.2. The Kier molecular flexibility index (Phi) is 3.25. The molecular formula is C16H17N3O2. The first-order valence-corrected chi connectivity index (χ1v) is 6.82. The first-order valence-electron chi connectivity index (χ1n) is 6.82. The van der Waals surface area contributed by atoms with E-state index in [0.29, 0.717) is 5.76 Å². The Labute approximate surface area is 122 Å². The summed E-state index contributed by atoms with van der Waals surface area (Å²) < 4.78 is 7.11. The number of aryl methyl sites for hydroxylation is 3. The van der Waals surface area contributed by atoms with Gasteiger partial charge < -0.3 is 14.4 Å². The summed E-state index contributed by atoms with van der Waals surface area (Å²) in [4.78, 5) is 12.2. The van der Waals surface area contributed by atoms with E-state index in [9.17, 15) is 4.79 Å². The Balaban J connectivity index is 1.84. The summed E-state index contributed by atoms with van der Waals surface area (Å²) in [6.45, 7) is 3.66. The largest absolute Gasteiger partial charge is 0.361 e. The standard InChI is InChI=1S/C16H17N3O2/c1-10-13(11(2)21-18-10)9-16(20)17-14-5-4-6-15-12(14)7-8-19(15)3/h4-8H,9H2,1-3H3,(H,17,20). The van der Waals surface area contributed by atoms with Crippen LogP contribution in [0.5, 0.6) is 0 Å². The Morgan fingerprint density at radius 2 is 2.14 bits per heavy atom. The molecule has 0 aliphatic carbocycles. The van der Waals surface area contributed by atoms with E-state index in [1.54, 1.807) is 0 Å². The van der Waals surface area contributed by atoms with E-state index in [1.807, 2.05) is 55.9 Å². The molecule has 0 saturated carbocycles. The summed E-state index contributed by atoms with van der Waals surface area (Å²) in [7, 11) is 1.98. The maximum Gasteiger partial charge on any atom is 0.229 e. The fourth-order valence-corrected chi connectivity index (χ4v) is 2.52. The smallest absolute Gasteiger partial charge is 0.229 e. The number of nitrogens with one attached hydrogen (secondary N) is 1. The van der Waals surface area contributed by atoms with Crippen molar-refractivity contribution in [3.63, 3.8) is 0 Å². The van der Waals surface area contributed by atoms with Crippen molar-refractivity contribution < 1.29 is 9.32 Å². The lowest BCUT2D eigenvalue weighted by molar-refractivity contribution is -0.115. The van der Waals surface area contributed by atoms with Gasteiger partial charge in [-0.1, -0.05) is 11.2 Å². The van der Waals surface area contributed by atoms with Gasteiger partial charge in [0.25, 0.3) is 0 Å². The monoisotopic (exact) mass is 283 g/mol. The van der Waals surface area contributed by atoms with Crippen molar-refractivity contribution in [3.8, 4) is 0 Å². The number of aromatic nitrogens is 2. The lowest BCUT2D eigenvalue weighted by Gasteiger charge is -2.07. The van der Waals surface area contributed by atoms with Gasteiger partial charge >= 0.3 is 0 Å². The van der Waals surface area contributed by atoms with Crippen LogP contribution in [-0.4, -0.2) is 15.6 Å². The number of hydrogen-bond acceptors (Lipinski definition) is 3. The molecule has 0 fully saturated rings.